The van der Waals surface area contributed by atoms with Gasteiger partial charge in [-0.3, -0.25) is 0 Å². The van der Waals surface area contributed by atoms with Crippen molar-refractivity contribution in [1.82, 2.24) is 4.57 Å². The van der Waals surface area contributed by atoms with E-state index in [-0.39, 0.29) is 0 Å². The quantitative estimate of drug-likeness (QED) is 0.550. The van der Waals surface area contributed by atoms with Crippen LogP contribution in [0.3, 0.4) is 0 Å². The predicted octanol–water partition coefficient (Wildman–Crippen LogP) is 4.58. The van der Waals surface area contributed by atoms with Gasteiger partial charge in [-0.1, -0.05) is 30.4 Å². The second kappa shape index (κ2) is 4.16. The van der Waals surface area contributed by atoms with Crippen molar-refractivity contribution in [3.05, 3.63) is 54.1 Å². The van der Waals surface area contributed by atoms with Gasteiger partial charge >= 0.3 is 0 Å². The molecule has 22 heavy (non-hydrogen) atoms. The first-order valence-corrected chi connectivity index (χ1v) is 8.16. The molecule has 3 aromatic rings. The van der Waals surface area contributed by atoms with Gasteiger partial charge in [0.1, 0.15) is 0 Å². The Hall–Kier alpha value is -2.22. The smallest absolute Gasteiger partial charge is 0.0509 e. The average molecular weight is 288 g/mol. The summed E-state index contributed by atoms with van der Waals surface area (Å²) >= 11 is 0. The Balaban J connectivity index is 1.87. The van der Waals surface area contributed by atoms with Crippen molar-refractivity contribution in [2.45, 2.75) is 24.8 Å². The second-order valence-electron chi connectivity index (χ2n) is 6.71. The van der Waals surface area contributed by atoms with E-state index in [0.29, 0.717) is 12.0 Å². The molecule has 0 amide bonds. The SMILES string of the molecule is CN1c2cc3c(cc2C2C=CCCC21)c1ccccc1n3C. The van der Waals surface area contributed by atoms with Crippen LogP contribution in [0.5, 0.6) is 0 Å². The van der Waals surface area contributed by atoms with Crippen LogP contribution >= 0.6 is 0 Å². The summed E-state index contributed by atoms with van der Waals surface area (Å²) in [7, 11) is 4.44. The lowest BCUT2D eigenvalue weighted by molar-refractivity contribution is 0.552. The molecule has 0 spiro atoms. The lowest BCUT2D eigenvalue weighted by Gasteiger charge is -2.27. The molecule has 1 aromatic heterocycles. The first-order valence-electron chi connectivity index (χ1n) is 8.16. The maximum Gasteiger partial charge on any atom is 0.0509 e. The van der Waals surface area contributed by atoms with Crippen LogP contribution in [0, 0.1) is 0 Å². The van der Waals surface area contributed by atoms with Gasteiger partial charge in [-0.25, -0.2) is 0 Å². The van der Waals surface area contributed by atoms with Gasteiger partial charge in [0.15, 0.2) is 0 Å². The molecule has 0 bridgehead atoms. The number of hydrogen-bond acceptors (Lipinski definition) is 1. The largest absolute Gasteiger partial charge is 0.370 e. The van der Waals surface area contributed by atoms with Crippen molar-refractivity contribution in [2.24, 2.45) is 7.05 Å². The first-order chi connectivity index (χ1) is 10.8. The zero-order valence-corrected chi connectivity index (χ0v) is 13.1. The highest BCUT2D eigenvalue weighted by atomic mass is 15.2. The fourth-order valence-electron chi connectivity index (χ4n) is 4.53. The van der Waals surface area contributed by atoms with E-state index in [1.807, 2.05) is 0 Å². The summed E-state index contributed by atoms with van der Waals surface area (Å²) in [6.07, 6.45) is 7.26. The molecule has 2 atom stereocenters. The van der Waals surface area contributed by atoms with Crippen molar-refractivity contribution in [3.8, 4) is 0 Å². The molecule has 2 heteroatoms. The van der Waals surface area contributed by atoms with Crippen molar-refractivity contribution in [3.63, 3.8) is 0 Å². The maximum atomic E-state index is 2.50. The van der Waals surface area contributed by atoms with Crippen molar-refractivity contribution in [1.29, 1.82) is 0 Å². The van der Waals surface area contributed by atoms with Gasteiger partial charge < -0.3 is 9.47 Å². The molecule has 0 radical (unpaired) electrons. The van der Waals surface area contributed by atoms with Crippen LogP contribution in [0.2, 0.25) is 0 Å². The van der Waals surface area contributed by atoms with E-state index >= 15 is 0 Å². The molecular weight excluding hydrogens is 268 g/mol. The minimum Gasteiger partial charge on any atom is -0.370 e. The van der Waals surface area contributed by atoms with Crippen LogP contribution in [0.4, 0.5) is 5.69 Å². The average Bonchev–Trinajstić information content (AvgIpc) is 3.01. The van der Waals surface area contributed by atoms with E-state index in [9.17, 15) is 0 Å². The monoisotopic (exact) mass is 288 g/mol. The zero-order chi connectivity index (χ0) is 14.8. The van der Waals surface area contributed by atoms with Crippen LogP contribution in [0.15, 0.2) is 48.6 Å². The van der Waals surface area contributed by atoms with Crippen molar-refractivity contribution >= 4 is 27.5 Å². The number of hydrogen-bond donors (Lipinski definition) is 0. The van der Waals surface area contributed by atoms with Gasteiger partial charge in [-0.05, 0) is 36.6 Å². The van der Waals surface area contributed by atoms with E-state index < -0.39 is 0 Å². The van der Waals surface area contributed by atoms with Crippen LogP contribution < -0.4 is 4.90 Å². The van der Waals surface area contributed by atoms with Crippen molar-refractivity contribution in [2.75, 3.05) is 11.9 Å². The van der Waals surface area contributed by atoms with Gasteiger partial charge in [0.05, 0.1) is 5.52 Å². The third-order valence-corrected chi connectivity index (χ3v) is 5.69. The molecule has 110 valence electrons. The number of anilines is 1. The van der Waals surface area contributed by atoms with E-state index in [1.54, 1.807) is 0 Å². The minimum atomic E-state index is 0.567. The Morgan fingerprint density at radius 2 is 1.86 bits per heavy atom. The van der Waals surface area contributed by atoms with Crippen LogP contribution in [0.25, 0.3) is 21.8 Å². The molecule has 5 rings (SSSR count). The van der Waals surface area contributed by atoms with Gasteiger partial charge in [0, 0.05) is 48.0 Å². The number of benzene rings is 2. The van der Waals surface area contributed by atoms with E-state index in [4.69, 9.17) is 0 Å². The predicted molar refractivity (Wildman–Crippen MR) is 93.7 cm³/mol. The Bertz CT molecular complexity index is 932. The number of nitrogens with zero attached hydrogens (tertiary/aromatic N) is 2. The molecular formula is C20H20N2. The molecule has 0 saturated carbocycles. The number of aromatic nitrogens is 1. The first kappa shape index (κ1) is 12.3. The fourth-order valence-corrected chi connectivity index (χ4v) is 4.53. The summed E-state index contributed by atoms with van der Waals surface area (Å²) in [5.41, 5.74) is 5.58. The Morgan fingerprint density at radius 3 is 2.77 bits per heavy atom. The topological polar surface area (TPSA) is 8.17 Å². The highest BCUT2D eigenvalue weighted by molar-refractivity contribution is 6.09. The summed E-state index contributed by atoms with van der Waals surface area (Å²) in [6, 6.07) is 14.2. The van der Waals surface area contributed by atoms with Gasteiger partial charge in [0.2, 0.25) is 0 Å². The van der Waals surface area contributed by atoms with E-state index in [2.05, 4.69) is 72.1 Å². The number of aryl methyl sites for hydroxylation is 1. The number of likely N-dealkylation sites (N-methyl/N-ethyl adjacent to an activating group) is 1. The third-order valence-electron chi connectivity index (χ3n) is 5.69. The van der Waals surface area contributed by atoms with Crippen LogP contribution in [0.1, 0.15) is 24.3 Å². The summed E-state index contributed by atoms with van der Waals surface area (Å²) in [6.45, 7) is 0. The van der Waals surface area contributed by atoms with E-state index in [1.165, 1.54) is 45.9 Å². The summed E-state index contributed by atoms with van der Waals surface area (Å²) in [5, 5.41) is 2.76. The second-order valence-corrected chi connectivity index (χ2v) is 6.71. The molecule has 1 aliphatic carbocycles. The van der Waals surface area contributed by atoms with Crippen LogP contribution in [-0.2, 0) is 7.05 Å². The van der Waals surface area contributed by atoms with E-state index in [0.717, 1.165) is 0 Å². The van der Waals surface area contributed by atoms with Gasteiger partial charge in [-0.2, -0.15) is 0 Å². The highest BCUT2D eigenvalue weighted by Gasteiger charge is 2.36. The third kappa shape index (κ3) is 1.40. The molecule has 2 nitrogen and oxygen atoms in total. The lowest BCUT2D eigenvalue weighted by atomic mass is 9.87. The standard InChI is InChI=1S/C20H20N2/c1-21-17-9-5-3-7-13(17)15-11-16-14-8-4-6-10-18(14)22(2)20(16)12-19(15)21/h3-5,7-9,11-12,14,18H,6,10H2,1-2H3. The fraction of sp³-hybridized carbons (Fsp3) is 0.300. The maximum absolute atomic E-state index is 2.50. The summed E-state index contributed by atoms with van der Waals surface area (Å²) < 4.78 is 2.33. The molecule has 0 saturated heterocycles. The number of rotatable bonds is 0. The molecule has 2 heterocycles. The lowest BCUT2D eigenvalue weighted by Crippen LogP contribution is -2.31. The Morgan fingerprint density at radius 1 is 1.00 bits per heavy atom. The summed E-state index contributed by atoms with van der Waals surface area (Å²) in [5.74, 6) is 0.567. The molecule has 2 aliphatic rings. The zero-order valence-electron chi connectivity index (χ0n) is 13.1. The highest BCUT2D eigenvalue weighted by Crippen LogP contribution is 2.47. The molecule has 2 aromatic carbocycles. The molecule has 0 fully saturated rings. The molecule has 2 unspecified atom stereocenters. The summed E-state index contributed by atoms with van der Waals surface area (Å²) in [4.78, 5) is 2.50. The normalized spacial score (nSPS) is 23.3. The van der Waals surface area contributed by atoms with Crippen molar-refractivity contribution < 1.29 is 0 Å². The minimum absolute atomic E-state index is 0.567. The van der Waals surface area contributed by atoms with Crippen LogP contribution in [-0.4, -0.2) is 17.7 Å². The molecule has 1 aliphatic heterocycles. The Labute approximate surface area is 130 Å². The van der Waals surface area contributed by atoms with Gasteiger partial charge in [0.25, 0.3) is 0 Å². The molecule has 0 N–H and O–H groups in total. The van der Waals surface area contributed by atoms with Gasteiger partial charge in [-0.15, -0.1) is 0 Å². The number of fused-ring (bicyclic) bond motifs is 6. The number of allylic oxidation sites excluding steroid dienone is 1. The Kier molecular flexibility index (Phi) is 2.33. The number of para-hydroxylation sites is 1.